The van der Waals surface area contributed by atoms with E-state index in [2.05, 4.69) is 27.5 Å². The van der Waals surface area contributed by atoms with Gasteiger partial charge in [0.25, 0.3) is 0 Å². The Morgan fingerprint density at radius 1 is 1.15 bits per heavy atom. The maximum absolute atomic E-state index is 11.2. The van der Waals surface area contributed by atoms with Crippen LogP contribution >= 0.6 is 35.3 Å². The molecule has 0 atom stereocenters. The number of hydrogen-bond donors (Lipinski definition) is 3. The number of nitrogens with zero attached hydrogens (tertiary/aromatic N) is 2. The molecule has 1 aromatic heterocycles. The van der Waals surface area contributed by atoms with Crippen molar-refractivity contribution in [1.29, 1.82) is 0 Å². The lowest BCUT2D eigenvalue weighted by atomic mass is 10.1. The Morgan fingerprint density at radius 2 is 1.74 bits per heavy atom. The molecule has 0 amide bonds. The fraction of sp³-hybridized carbons (Fsp3) is 0.412. The predicted octanol–water partition coefficient (Wildman–Crippen LogP) is 1.98. The van der Waals surface area contributed by atoms with Gasteiger partial charge in [0.2, 0.25) is 10.0 Å². The number of nitrogens with two attached hydrogens (primary N) is 1. The van der Waals surface area contributed by atoms with Crippen molar-refractivity contribution in [2.45, 2.75) is 31.6 Å². The van der Waals surface area contributed by atoms with E-state index in [0.717, 1.165) is 41.6 Å². The van der Waals surface area contributed by atoms with E-state index in [4.69, 9.17) is 5.14 Å². The summed E-state index contributed by atoms with van der Waals surface area (Å²) in [6.07, 6.45) is 1.60. The second kappa shape index (κ2) is 10.9. The first-order valence-corrected chi connectivity index (χ1v) is 10.6. The number of guanidine groups is 1. The van der Waals surface area contributed by atoms with Gasteiger partial charge in [-0.05, 0) is 38.0 Å². The van der Waals surface area contributed by atoms with Gasteiger partial charge in [-0.2, -0.15) is 0 Å². The van der Waals surface area contributed by atoms with Crippen molar-refractivity contribution < 1.29 is 8.42 Å². The number of primary sulfonamides is 1. The zero-order valence-electron chi connectivity index (χ0n) is 15.7. The molecule has 0 saturated heterocycles. The van der Waals surface area contributed by atoms with Crippen LogP contribution in [0.15, 0.2) is 34.2 Å². The van der Waals surface area contributed by atoms with Crippen LogP contribution in [-0.4, -0.2) is 39.5 Å². The van der Waals surface area contributed by atoms with Crippen LogP contribution in [0.2, 0.25) is 0 Å². The van der Waals surface area contributed by atoms with E-state index < -0.39 is 10.0 Å². The monoisotopic (exact) mass is 523 g/mol. The fourth-order valence-corrected chi connectivity index (χ4v) is 3.77. The average molecular weight is 523 g/mol. The molecule has 0 aliphatic heterocycles. The number of aromatic nitrogens is 1. The average Bonchev–Trinajstić information content (AvgIpc) is 2.91. The van der Waals surface area contributed by atoms with E-state index in [0.29, 0.717) is 6.54 Å². The molecule has 27 heavy (non-hydrogen) atoms. The number of thiazole rings is 1. The van der Waals surface area contributed by atoms with Crippen LogP contribution in [0.4, 0.5) is 0 Å². The number of rotatable bonds is 7. The Hall–Kier alpha value is -1.24. The summed E-state index contributed by atoms with van der Waals surface area (Å²) in [5.74, 6) is 0.733. The molecule has 0 bridgehead atoms. The quantitative estimate of drug-likeness (QED) is 0.292. The first-order valence-electron chi connectivity index (χ1n) is 8.29. The zero-order chi connectivity index (χ0) is 19.2. The summed E-state index contributed by atoms with van der Waals surface area (Å²) in [6, 6.07) is 6.58. The van der Waals surface area contributed by atoms with Crippen LogP contribution < -0.4 is 15.8 Å². The van der Waals surface area contributed by atoms with Gasteiger partial charge in [0.1, 0.15) is 0 Å². The molecule has 1 aromatic carbocycles. The summed E-state index contributed by atoms with van der Waals surface area (Å²) < 4.78 is 22.5. The summed E-state index contributed by atoms with van der Waals surface area (Å²) in [6.45, 7) is 5.55. The third-order valence-corrected chi connectivity index (χ3v) is 5.95. The molecule has 0 saturated carbocycles. The Labute approximate surface area is 182 Å². The number of aliphatic imine (C=N–C) groups is 1. The molecule has 0 spiro atoms. The second-order valence-electron chi connectivity index (χ2n) is 5.86. The second-order valence-corrected chi connectivity index (χ2v) is 8.71. The summed E-state index contributed by atoms with van der Waals surface area (Å²) in [5.41, 5.74) is 2.12. The molecule has 1 heterocycles. The highest BCUT2D eigenvalue weighted by molar-refractivity contribution is 14.0. The SMILES string of the molecule is CN=C(NCCc1ccc(S(N)(=O)=O)cc1)NCCc1nc(C)c(C)s1.I. The Bertz CT molecular complexity index is 844. The lowest BCUT2D eigenvalue weighted by molar-refractivity contribution is 0.598. The fourth-order valence-electron chi connectivity index (χ4n) is 2.33. The van der Waals surface area contributed by atoms with Crippen molar-refractivity contribution in [3.05, 3.63) is 45.4 Å². The van der Waals surface area contributed by atoms with Gasteiger partial charge >= 0.3 is 0 Å². The third kappa shape index (κ3) is 7.72. The molecule has 10 heteroatoms. The Balaban J connectivity index is 0.00000364. The summed E-state index contributed by atoms with van der Waals surface area (Å²) in [5, 5.41) is 12.7. The van der Waals surface area contributed by atoms with E-state index in [1.54, 1.807) is 30.5 Å². The standard InChI is InChI=1S/C17H25N5O2S2.HI/c1-12-13(2)25-16(22-12)9-11-21-17(19-3)20-10-8-14-4-6-15(7-5-14)26(18,23)24;/h4-7H,8-11H2,1-3H3,(H2,18,23,24)(H2,19,20,21);1H. The molecular weight excluding hydrogens is 497 g/mol. The van der Waals surface area contributed by atoms with Gasteiger partial charge in [-0.1, -0.05) is 12.1 Å². The van der Waals surface area contributed by atoms with Crippen molar-refractivity contribution in [2.24, 2.45) is 10.1 Å². The van der Waals surface area contributed by atoms with Crippen LogP contribution in [0.25, 0.3) is 0 Å². The number of benzene rings is 1. The van der Waals surface area contributed by atoms with Crippen LogP contribution in [0.5, 0.6) is 0 Å². The van der Waals surface area contributed by atoms with Gasteiger partial charge in [-0.15, -0.1) is 35.3 Å². The van der Waals surface area contributed by atoms with Crippen LogP contribution in [0.3, 0.4) is 0 Å². The molecule has 7 nitrogen and oxygen atoms in total. The zero-order valence-corrected chi connectivity index (χ0v) is 19.6. The molecule has 0 radical (unpaired) electrons. The highest BCUT2D eigenvalue weighted by Crippen LogP contribution is 2.16. The maximum Gasteiger partial charge on any atom is 0.238 e. The molecule has 0 fully saturated rings. The molecule has 150 valence electrons. The van der Waals surface area contributed by atoms with Gasteiger partial charge in [0.05, 0.1) is 15.6 Å². The molecule has 4 N–H and O–H groups in total. The number of aryl methyl sites for hydroxylation is 2. The highest BCUT2D eigenvalue weighted by atomic mass is 127. The molecule has 0 unspecified atom stereocenters. The van der Waals surface area contributed by atoms with Crippen LogP contribution in [0.1, 0.15) is 21.1 Å². The number of halogens is 1. The molecular formula is C17H26IN5O2S2. The number of sulfonamides is 1. The van der Waals surface area contributed by atoms with Crippen molar-refractivity contribution >= 4 is 51.3 Å². The van der Waals surface area contributed by atoms with E-state index >= 15 is 0 Å². The molecule has 0 aliphatic rings. The van der Waals surface area contributed by atoms with Crippen LogP contribution in [0, 0.1) is 13.8 Å². The van der Waals surface area contributed by atoms with E-state index in [1.165, 1.54) is 17.0 Å². The number of nitrogens with one attached hydrogen (secondary N) is 2. The molecule has 2 aromatic rings. The predicted molar refractivity (Wildman–Crippen MR) is 122 cm³/mol. The van der Waals surface area contributed by atoms with Gasteiger partial charge < -0.3 is 10.6 Å². The summed E-state index contributed by atoms with van der Waals surface area (Å²) >= 11 is 1.73. The van der Waals surface area contributed by atoms with Crippen molar-refractivity contribution in [1.82, 2.24) is 15.6 Å². The minimum Gasteiger partial charge on any atom is -0.356 e. The van der Waals surface area contributed by atoms with E-state index in [-0.39, 0.29) is 28.9 Å². The molecule has 0 aliphatic carbocycles. The third-order valence-electron chi connectivity index (χ3n) is 3.89. The topological polar surface area (TPSA) is 109 Å². The largest absolute Gasteiger partial charge is 0.356 e. The summed E-state index contributed by atoms with van der Waals surface area (Å²) in [7, 11) is -1.91. The normalized spacial score (nSPS) is 11.8. The van der Waals surface area contributed by atoms with Crippen molar-refractivity contribution in [3.8, 4) is 0 Å². The van der Waals surface area contributed by atoms with Gasteiger partial charge in [-0.25, -0.2) is 18.5 Å². The number of hydrogen-bond acceptors (Lipinski definition) is 5. The first kappa shape index (κ1) is 23.8. The maximum atomic E-state index is 11.2. The van der Waals surface area contributed by atoms with E-state index in [1.807, 2.05) is 6.92 Å². The van der Waals surface area contributed by atoms with Crippen LogP contribution in [-0.2, 0) is 22.9 Å². The first-order chi connectivity index (χ1) is 12.3. The lowest BCUT2D eigenvalue weighted by Crippen LogP contribution is -2.39. The summed E-state index contributed by atoms with van der Waals surface area (Å²) in [4.78, 5) is 10.1. The van der Waals surface area contributed by atoms with Gasteiger partial charge in [-0.3, -0.25) is 4.99 Å². The van der Waals surface area contributed by atoms with E-state index in [9.17, 15) is 8.42 Å². The minimum atomic E-state index is -3.64. The smallest absolute Gasteiger partial charge is 0.238 e. The van der Waals surface area contributed by atoms with Crippen molar-refractivity contribution in [2.75, 3.05) is 20.1 Å². The highest BCUT2D eigenvalue weighted by Gasteiger charge is 2.07. The van der Waals surface area contributed by atoms with Crippen molar-refractivity contribution in [3.63, 3.8) is 0 Å². The lowest BCUT2D eigenvalue weighted by Gasteiger charge is -2.11. The van der Waals surface area contributed by atoms with Gasteiger partial charge in [0.15, 0.2) is 5.96 Å². The Kier molecular flexibility index (Phi) is 9.63. The minimum absolute atomic E-state index is 0. The van der Waals surface area contributed by atoms with Gasteiger partial charge in [0, 0.05) is 31.4 Å². The molecule has 2 rings (SSSR count). The Morgan fingerprint density at radius 3 is 2.22 bits per heavy atom.